The Labute approximate surface area is 161 Å². The van der Waals surface area contributed by atoms with E-state index in [0.29, 0.717) is 0 Å². The van der Waals surface area contributed by atoms with Crippen LogP contribution in [0, 0.1) is 0 Å². The van der Waals surface area contributed by atoms with Gasteiger partial charge in [0, 0.05) is 41.7 Å². The zero-order chi connectivity index (χ0) is 19.2. The lowest BCUT2D eigenvalue weighted by atomic mass is 10.0. The third kappa shape index (κ3) is 4.00. The number of ether oxygens (including phenoxy) is 2. The van der Waals surface area contributed by atoms with Crippen molar-refractivity contribution in [3.05, 3.63) is 54.2 Å². The van der Waals surface area contributed by atoms with Gasteiger partial charge in [-0.05, 0) is 18.6 Å². The summed E-state index contributed by atoms with van der Waals surface area (Å²) < 4.78 is 12.9. The van der Waals surface area contributed by atoms with Gasteiger partial charge in [-0.2, -0.15) is 5.10 Å². The zero-order valence-corrected chi connectivity index (χ0v) is 16.7. The van der Waals surface area contributed by atoms with E-state index in [4.69, 9.17) is 14.6 Å². The Hall–Kier alpha value is -2.75. The molecule has 0 unspecified atom stereocenters. The largest absolute Gasteiger partial charge is 0.497 e. The fourth-order valence-corrected chi connectivity index (χ4v) is 3.38. The highest BCUT2D eigenvalue weighted by molar-refractivity contribution is 5.96. The Kier molecular flexibility index (Phi) is 6.17. The van der Waals surface area contributed by atoms with E-state index >= 15 is 0 Å². The molecule has 0 spiro atoms. The number of aromatic nitrogens is 2. The summed E-state index contributed by atoms with van der Waals surface area (Å²) in [6.07, 6.45) is 9.03. The summed E-state index contributed by atoms with van der Waals surface area (Å²) in [6.45, 7) is 2.22. The molecule has 0 amide bonds. The van der Waals surface area contributed by atoms with Crippen LogP contribution in [-0.2, 0) is 13.5 Å². The zero-order valence-electron chi connectivity index (χ0n) is 16.7. The summed E-state index contributed by atoms with van der Waals surface area (Å²) >= 11 is 0. The molecule has 27 heavy (non-hydrogen) atoms. The first-order chi connectivity index (χ1) is 13.2. The SMILES string of the molecule is CCCCC=CCc1c2cccc(-c3ccc(OC)cc3OC)c2nn1C. The number of methoxy groups -OCH3 is 2. The first kappa shape index (κ1) is 19.0. The second-order valence-corrected chi connectivity index (χ2v) is 6.66. The first-order valence-corrected chi connectivity index (χ1v) is 9.51. The number of rotatable bonds is 8. The maximum atomic E-state index is 5.60. The number of aryl methyl sites for hydroxylation is 1. The minimum atomic E-state index is 0.779. The van der Waals surface area contributed by atoms with Crippen molar-refractivity contribution in [1.82, 2.24) is 9.78 Å². The van der Waals surface area contributed by atoms with Crippen LogP contribution in [0.15, 0.2) is 48.6 Å². The van der Waals surface area contributed by atoms with Crippen molar-refractivity contribution in [2.24, 2.45) is 7.05 Å². The van der Waals surface area contributed by atoms with Gasteiger partial charge in [0.1, 0.15) is 17.0 Å². The lowest BCUT2D eigenvalue weighted by Crippen LogP contribution is -1.96. The van der Waals surface area contributed by atoms with Gasteiger partial charge in [0.15, 0.2) is 0 Å². The molecule has 4 nitrogen and oxygen atoms in total. The second-order valence-electron chi connectivity index (χ2n) is 6.66. The van der Waals surface area contributed by atoms with Gasteiger partial charge < -0.3 is 9.47 Å². The molecule has 0 aliphatic rings. The molecule has 142 valence electrons. The van der Waals surface area contributed by atoms with E-state index in [1.807, 2.05) is 29.9 Å². The molecule has 1 aromatic heterocycles. The van der Waals surface area contributed by atoms with Crippen molar-refractivity contribution in [2.45, 2.75) is 32.6 Å². The van der Waals surface area contributed by atoms with E-state index in [0.717, 1.165) is 41.0 Å². The topological polar surface area (TPSA) is 36.3 Å². The van der Waals surface area contributed by atoms with Crippen molar-refractivity contribution in [3.8, 4) is 22.6 Å². The minimum absolute atomic E-state index is 0.779. The van der Waals surface area contributed by atoms with Gasteiger partial charge in [-0.1, -0.05) is 50.1 Å². The van der Waals surface area contributed by atoms with E-state index < -0.39 is 0 Å². The fraction of sp³-hybridized carbons (Fsp3) is 0.348. The molecule has 0 atom stereocenters. The maximum absolute atomic E-state index is 5.60. The second kappa shape index (κ2) is 8.76. The van der Waals surface area contributed by atoms with Gasteiger partial charge in [0.25, 0.3) is 0 Å². The molecule has 0 aliphatic heterocycles. The predicted molar refractivity (Wildman–Crippen MR) is 112 cm³/mol. The third-order valence-electron chi connectivity index (χ3n) is 4.89. The standard InChI is InChI=1S/C23H28N2O2/c1-5-6-7-8-9-13-21-20-12-10-11-19(23(20)24-25(21)2)18-15-14-17(26-3)16-22(18)27-4/h8-12,14-16H,5-7,13H2,1-4H3. The Morgan fingerprint density at radius 3 is 2.63 bits per heavy atom. The van der Waals surface area contributed by atoms with Gasteiger partial charge in [-0.3, -0.25) is 4.68 Å². The maximum Gasteiger partial charge on any atom is 0.130 e. The highest BCUT2D eigenvalue weighted by Crippen LogP contribution is 2.37. The fourth-order valence-electron chi connectivity index (χ4n) is 3.38. The number of nitrogens with zero attached hydrogens (tertiary/aromatic N) is 2. The number of hydrogen-bond acceptors (Lipinski definition) is 3. The molecule has 0 saturated heterocycles. The Bertz CT molecular complexity index is 941. The highest BCUT2D eigenvalue weighted by Gasteiger charge is 2.15. The average molecular weight is 364 g/mol. The van der Waals surface area contributed by atoms with Crippen LogP contribution in [0.1, 0.15) is 31.9 Å². The van der Waals surface area contributed by atoms with E-state index in [-0.39, 0.29) is 0 Å². The predicted octanol–water partition coefficient (Wildman–Crippen LogP) is 5.55. The number of unbranched alkanes of at least 4 members (excludes halogenated alkanes) is 2. The Morgan fingerprint density at radius 2 is 1.89 bits per heavy atom. The molecule has 0 fully saturated rings. The van der Waals surface area contributed by atoms with Gasteiger partial charge in [-0.15, -0.1) is 0 Å². The number of fused-ring (bicyclic) bond motifs is 1. The molecule has 3 aromatic rings. The molecule has 4 heteroatoms. The van der Waals surface area contributed by atoms with E-state index in [1.165, 1.54) is 23.9 Å². The van der Waals surface area contributed by atoms with Crippen LogP contribution in [0.3, 0.4) is 0 Å². The molecule has 0 saturated carbocycles. The summed E-state index contributed by atoms with van der Waals surface area (Å²) in [7, 11) is 5.36. The van der Waals surface area contributed by atoms with Gasteiger partial charge in [0.05, 0.1) is 14.2 Å². The summed E-state index contributed by atoms with van der Waals surface area (Å²) in [5.41, 5.74) is 4.32. The number of allylic oxidation sites excluding steroid dienone is 2. The monoisotopic (exact) mass is 364 g/mol. The summed E-state index contributed by atoms with van der Waals surface area (Å²) in [5, 5.41) is 6.01. The summed E-state index contributed by atoms with van der Waals surface area (Å²) in [5.74, 6) is 1.57. The van der Waals surface area contributed by atoms with E-state index in [9.17, 15) is 0 Å². The summed E-state index contributed by atoms with van der Waals surface area (Å²) in [4.78, 5) is 0. The number of hydrogen-bond donors (Lipinski definition) is 0. The van der Waals surface area contributed by atoms with Crippen molar-refractivity contribution >= 4 is 10.9 Å². The van der Waals surface area contributed by atoms with Crippen molar-refractivity contribution in [3.63, 3.8) is 0 Å². The van der Waals surface area contributed by atoms with E-state index in [1.54, 1.807) is 14.2 Å². The van der Waals surface area contributed by atoms with Crippen molar-refractivity contribution in [2.75, 3.05) is 14.2 Å². The van der Waals surface area contributed by atoms with Gasteiger partial charge in [-0.25, -0.2) is 0 Å². The smallest absolute Gasteiger partial charge is 0.130 e. The van der Waals surface area contributed by atoms with Crippen LogP contribution in [0.2, 0.25) is 0 Å². The molecule has 1 heterocycles. The van der Waals surface area contributed by atoms with Gasteiger partial charge >= 0.3 is 0 Å². The molecule has 0 N–H and O–H groups in total. The molecular weight excluding hydrogens is 336 g/mol. The van der Waals surface area contributed by atoms with Crippen LogP contribution in [0.5, 0.6) is 11.5 Å². The van der Waals surface area contributed by atoms with Crippen LogP contribution in [-0.4, -0.2) is 24.0 Å². The molecular formula is C23H28N2O2. The quantitative estimate of drug-likeness (QED) is 0.388. The minimum Gasteiger partial charge on any atom is -0.497 e. The molecule has 0 radical (unpaired) electrons. The molecule has 0 aliphatic carbocycles. The van der Waals surface area contributed by atoms with Crippen molar-refractivity contribution < 1.29 is 9.47 Å². The lowest BCUT2D eigenvalue weighted by Gasteiger charge is -2.11. The summed E-state index contributed by atoms with van der Waals surface area (Å²) in [6, 6.07) is 12.2. The molecule has 2 aromatic carbocycles. The van der Waals surface area contributed by atoms with Crippen molar-refractivity contribution in [1.29, 1.82) is 0 Å². The average Bonchev–Trinajstić information content (AvgIpc) is 3.02. The highest BCUT2D eigenvalue weighted by atomic mass is 16.5. The molecule has 3 rings (SSSR count). The third-order valence-corrected chi connectivity index (χ3v) is 4.89. The first-order valence-electron chi connectivity index (χ1n) is 9.51. The van der Waals surface area contributed by atoms with Crippen LogP contribution in [0.4, 0.5) is 0 Å². The van der Waals surface area contributed by atoms with Crippen LogP contribution in [0.25, 0.3) is 22.0 Å². The number of benzene rings is 2. The van der Waals surface area contributed by atoms with Gasteiger partial charge in [0.2, 0.25) is 0 Å². The Morgan fingerprint density at radius 1 is 1.04 bits per heavy atom. The van der Waals surface area contributed by atoms with Crippen LogP contribution < -0.4 is 9.47 Å². The van der Waals surface area contributed by atoms with Crippen LogP contribution >= 0.6 is 0 Å². The Balaban J connectivity index is 2.02. The van der Waals surface area contributed by atoms with E-state index in [2.05, 4.69) is 37.3 Å². The normalized spacial score (nSPS) is 11.4. The molecule has 0 bridgehead atoms. The lowest BCUT2D eigenvalue weighted by molar-refractivity contribution is 0.395.